The fraction of sp³-hybridized carbons (Fsp3) is 1.00. The topological polar surface area (TPSA) is 20.3 Å². The van der Waals surface area contributed by atoms with Crippen LogP contribution in [-0.4, -0.2) is 24.0 Å². The van der Waals surface area contributed by atoms with E-state index in [0.717, 1.165) is 12.3 Å². The average Bonchev–Trinajstić information content (AvgIpc) is 1.86. The van der Waals surface area contributed by atoms with Gasteiger partial charge in [0.1, 0.15) is 0 Å². The minimum atomic E-state index is -2.41. The Hall–Kier alpha value is 0.830. The Labute approximate surface area is 57.5 Å². The van der Waals surface area contributed by atoms with Gasteiger partial charge in [0.05, 0.1) is 0 Å². The SMILES string of the molecule is CN1CCSP1(=O)Cl. The summed E-state index contributed by atoms with van der Waals surface area (Å²) >= 11 is 6.92. The smallest absolute Gasteiger partial charge is 0.277 e. The van der Waals surface area contributed by atoms with E-state index in [4.69, 9.17) is 11.2 Å². The molecule has 0 aromatic rings. The van der Waals surface area contributed by atoms with Crippen LogP contribution in [0.4, 0.5) is 0 Å². The molecular weight excluding hydrogens is 165 g/mol. The van der Waals surface area contributed by atoms with E-state index >= 15 is 0 Å². The Kier molecular flexibility index (Phi) is 1.93. The molecule has 0 aliphatic carbocycles. The van der Waals surface area contributed by atoms with Crippen molar-refractivity contribution in [2.75, 3.05) is 19.3 Å². The molecule has 2 nitrogen and oxygen atoms in total. The van der Waals surface area contributed by atoms with E-state index in [0.29, 0.717) is 0 Å². The lowest BCUT2D eigenvalue weighted by molar-refractivity contribution is 0.520. The van der Waals surface area contributed by atoms with Crippen LogP contribution in [0.5, 0.6) is 0 Å². The quantitative estimate of drug-likeness (QED) is 0.520. The Morgan fingerprint density at radius 2 is 2.50 bits per heavy atom. The van der Waals surface area contributed by atoms with Crippen molar-refractivity contribution in [3.8, 4) is 0 Å². The van der Waals surface area contributed by atoms with Crippen LogP contribution in [0.1, 0.15) is 0 Å². The van der Waals surface area contributed by atoms with Crippen molar-refractivity contribution in [3.05, 3.63) is 0 Å². The highest BCUT2D eigenvalue weighted by molar-refractivity contribution is 8.65. The first kappa shape index (κ1) is 6.94. The lowest BCUT2D eigenvalue weighted by Crippen LogP contribution is -2.06. The molecule has 0 amide bonds. The summed E-state index contributed by atoms with van der Waals surface area (Å²) in [6.45, 7) is 0.853. The van der Waals surface area contributed by atoms with Crippen LogP contribution >= 0.6 is 28.5 Å². The zero-order valence-electron chi connectivity index (χ0n) is 4.50. The fourth-order valence-electron chi connectivity index (χ4n) is 0.504. The van der Waals surface area contributed by atoms with Crippen molar-refractivity contribution in [1.29, 1.82) is 0 Å². The summed E-state index contributed by atoms with van der Waals surface area (Å²) in [6.07, 6.45) is 0. The fourth-order valence-corrected chi connectivity index (χ4v) is 4.36. The minimum absolute atomic E-state index is 0.853. The molecule has 1 fully saturated rings. The molecule has 1 unspecified atom stereocenters. The minimum Gasteiger partial charge on any atom is -0.277 e. The second-order valence-corrected chi connectivity index (χ2v) is 8.15. The summed E-state index contributed by atoms with van der Waals surface area (Å²) in [6, 6.07) is 0. The van der Waals surface area contributed by atoms with Crippen LogP contribution in [0.2, 0.25) is 0 Å². The molecule has 5 heteroatoms. The van der Waals surface area contributed by atoms with Crippen LogP contribution in [0, 0.1) is 0 Å². The van der Waals surface area contributed by atoms with Crippen molar-refractivity contribution in [2.24, 2.45) is 0 Å². The van der Waals surface area contributed by atoms with Crippen molar-refractivity contribution >= 4 is 28.5 Å². The standard InChI is InChI=1S/C3H7ClNOPS/c1-5-2-3-8-7(5,4)6/h2-3H2,1H3. The van der Waals surface area contributed by atoms with Gasteiger partial charge in [0, 0.05) is 12.3 Å². The van der Waals surface area contributed by atoms with Crippen LogP contribution < -0.4 is 0 Å². The van der Waals surface area contributed by atoms with Gasteiger partial charge in [-0.05, 0) is 18.3 Å². The highest BCUT2D eigenvalue weighted by atomic mass is 35.7. The van der Waals surface area contributed by atoms with E-state index in [9.17, 15) is 4.57 Å². The van der Waals surface area contributed by atoms with Gasteiger partial charge in [-0.3, -0.25) is 4.57 Å². The number of nitrogens with zero attached hydrogens (tertiary/aromatic N) is 1. The summed E-state index contributed by atoms with van der Waals surface area (Å²) in [5.74, 6) is -1.51. The normalized spacial score (nSPS) is 40.8. The summed E-state index contributed by atoms with van der Waals surface area (Å²) < 4.78 is 12.7. The van der Waals surface area contributed by atoms with E-state index in [1.54, 1.807) is 11.7 Å². The molecule has 48 valence electrons. The number of halogens is 1. The van der Waals surface area contributed by atoms with Gasteiger partial charge in [-0.2, -0.15) is 0 Å². The molecule has 1 aliphatic rings. The van der Waals surface area contributed by atoms with Gasteiger partial charge in [0.15, 0.2) is 0 Å². The maximum absolute atomic E-state index is 11.0. The number of hydrogen-bond acceptors (Lipinski definition) is 2. The maximum atomic E-state index is 11.0. The molecular formula is C3H7ClNOPS. The van der Waals surface area contributed by atoms with Crippen LogP contribution in [-0.2, 0) is 4.57 Å². The molecule has 0 bridgehead atoms. The van der Waals surface area contributed by atoms with Crippen molar-refractivity contribution in [3.63, 3.8) is 0 Å². The molecule has 0 aromatic carbocycles. The molecule has 1 saturated heterocycles. The number of hydrogen-bond donors (Lipinski definition) is 0. The molecule has 1 atom stereocenters. The van der Waals surface area contributed by atoms with Crippen molar-refractivity contribution in [2.45, 2.75) is 0 Å². The third-order valence-electron chi connectivity index (χ3n) is 1.07. The second kappa shape index (κ2) is 2.22. The third-order valence-corrected chi connectivity index (χ3v) is 6.76. The Morgan fingerprint density at radius 1 is 1.88 bits per heavy atom. The molecule has 1 rings (SSSR count). The van der Waals surface area contributed by atoms with E-state index in [1.807, 2.05) is 0 Å². The lowest BCUT2D eigenvalue weighted by Gasteiger charge is -2.09. The van der Waals surface area contributed by atoms with Gasteiger partial charge in [-0.25, -0.2) is 4.67 Å². The molecule has 0 saturated carbocycles. The highest BCUT2D eigenvalue weighted by Crippen LogP contribution is 2.68. The second-order valence-electron chi connectivity index (χ2n) is 1.67. The van der Waals surface area contributed by atoms with E-state index < -0.39 is 5.85 Å². The maximum Gasteiger partial charge on any atom is 0.289 e. The van der Waals surface area contributed by atoms with Crippen molar-refractivity contribution < 1.29 is 4.57 Å². The Balaban J connectivity index is 2.69. The molecule has 0 aromatic heterocycles. The van der Waals surface area contributed by atoms with Gasteiger partial charge in [0.25, 0.3) is 5.85 Å². The molecule has 0 radical (unpaired) electrons. The van der Waals surface area contributed by atoms with Gasteiger partial charge in [0.2, 0.25) is 0 Å². The molecule has 0 N–H and O–H groups in total. The third kappa shape index (κ3) is 1.21. The highest BCUT2D eigenvalue weighted by Gasteiger charge is 2.30. The monoisotopic (exact) mass is 171 g/mol. The molecule has 1 heterocycles. The first-order chi connectivity index (χ1) is 3.63. The Bertz CT molecular complexity index is 141. The van der Waals surface area contributed by atoms with Gasteiger partial charge < -0.3 is 0 Å². The predicted octanol–water partition coefficient (Wildman–Crippen LogP) is 2.01. The molecule has 8 heavy (non-hydrogen) atoms. The van der Waals surface area contributed by atoms with E-state index in [2.05, 4.69) is 0 Å². The number of rotatable bonds is 0. The largest absolute Gasteiger partial charge is 0.289 e. The lowest BCUT2D eigenvalue weighted by atomic mass is 10.8. The zero-order chi connectivity index (χ0) is 6.20. The van der Waals surface area contributed by atoms with Crippen LogP contribution in [0.15, 0.2) is 0 Å². The van der Waals surface area contributed by atoms with Crippen molar-refractivity contribution in [1.82, 2.24) is 4.67 Å². The predicted molar refractivity (Wildman–Crippen MR) is 38.5 cm³/mol. The molecule has 1 aliphatic heterocycles. The summed E-state index contributed by atoms with van der Waals surface area (Å²) in [5, 5.41) is 0. The first-order valence-corrected chi connectivity index (χ1v) is 6.44. The summed E-state index contributed by atoms with van der Waals surface area (Å²) in [5.41, 5.74) is 0. The Morgan fingerprint density at radius 3 is 2.62 bits per heavy atom. The zero-order valence-corrected chi connectivity index (χ0v) is 6.97. The first-order valence-electron chi connectivity index (χ1n) is 2.29. The molecule has 0 spiro atoms. The van der Waals surface area contributed by atoms with E-state index in [-0.39, 0.29) is 0 Å². The van der Waals surface area contributed by atoms with Crippen LogP contribution in [0.3, 0.4) is 0 Å². The average molecular weight is 172 g/mol. The van der Waals surface area contributed by atoms with Crippen LogP contribution in [0.25, 0.3) is 0 Å². The summed E-state index contributed by atoms with van der Waals surface area (Å²) in [7, 11) is 1.79. The summed E-state index contributed by atoms with van der Waals surface area (Å²) in [4.78, 5) is 0. The van der Waals surface area contributed by atoms with Gasteiger partial charge in [-0.1, -0.05) is 11.4 Å². The van der Waals surface area contributed by atoms with Gasteiger partial charge >= 0.3 is 0 Å². The van der Waals surface area contributed by atoms with E-state index in [1.165, 1.54) is 11.4 Å². The van der Waals surface area contributed by atoms with Gasteiger partial charge in [-0.15, -0.1) is 0 Å².